The average molecular weight is 731 g/mol. The van der Waals surface area contributed by atoms with Crippen LogP contribution in [0.15, 0.2) is 29.7 Å². The number of ether oxygens (including phenoxy) is 4. The molecule has 21 heteroatoms. The molecule has 272 valence electrons. The van der Waals surface area contributed by atoms with Gasteiger partial charge in [0, 0.05) is 18.5 Å². The highest BCUT2D eigenvalue weighted by molar-refractivity contribution is 8.00. The number of aliphatic hydroxyl groups is 1. The van der Waals surface area contributed by atoms with Crippen molar-refractivity contribution < 1.29 is 47.3 Å². The summed E-state index contributed by atoms with van der Waals surface area (Å²) < 4.78 is 47.4. The van der Waals surface area contributed by atoms with Crippen LogP contribution in [0, 0.1) is 10.8 Å². The lowest BCUT2D eigenvalue weighted by atomic mass is 9.98. The molecule has 0 unspecified atom stereocenters. The van der Waals surface area contributed by atoms with E-state index >= 15 is 0 Å². The second-order valence-corrected chi connectivity index (χ2v) is 15.6. The molecule has 3 aromatic heterocycles. The number of thioether (sulfide) groups is 1. The topological polar surface area (TPSA) is 257 Å². The van der Waals surface area contributed by atoms with Crippen molar-refractivity contribution in [3.63, 3.8) is 0 Å². The fourth-order valence-corrected chi connectivity index (χ4v) is 5.53. The van der Waals surface area contributed by atoms with Crippen LogP contribution in [0.3, 0.4) is 0 Å². The fraction of sp³-hybridized carbons (Fsp3) is 0.607. The van der Waals surface area contributed by atoms with Crippen molar-refractivity contribution in [3.05, 3.63) is 35.4 Å². The summed E-state index contributed by atoms with van der Waals surface area (Å²) in [6.45, 7) is 9.10. The van der Waals surface area contributed by atoms with Gasteiger partial charge in [-0.15, -0.1) is 11.8 Å². The van der Waals surface area contributed by atoms with Gasteiger partial charge in [-0.05, 0) is 47.6 Å². The van der Waals surface area contributed by atoms with Crippen LogP contribution in [0.2, 0.25) is 0 Å². The minimum atomic E-state index is -3.95. The normalized spacial score (nSPS) is 16.6. The second-order valence-electron chi connectivity index (χ2n) is 12.5. The zero-order valence-electron chi connectivity index (χ0n) is 28.1. The maximum Gasteiger partial charge on any atom is 0.361 e. The van der Waals surface area contributed by atoms with Gasteiger partial charge in [-0.2, -0.15) is 4.98 Å². The van der Waals surface area contributed by atoms with Crippen LogP contribution in [-0.2, 0) is 48.7 Å². The first kappa shape index (κ1) is 39.8. The van der Waals surface area contributed by atoms with Crippen LogP contribution in [0.4, 0.5) is 11.6 Å². The summed E-state index contributed by atoms with van der Waals surface area (Å²) in [6.07, 6.45) is 3.56. The van der Waals surface area contributed by atoms with E-state index in [1.807, 2.05) is 0 Å². The molecule has 0 aliphatic carbocycles. The Morgan fingerprint density at radius 1 is 1.06 bits per heavy atom. The Morgan fingerprint density at radius 3 is 2.24 bits per heavy atom. The fourth-order valence-electron chi connectivity index (χ4n) is 3.60. The highest BCUT2D eigenvalue weighted by atomic mass is 32.2. The molecule has 1 saturated heterocycles. The van der Waals surface area contributed by atoms with Gasteiger partial charge in [0.05, 0.1) is 30.4 Å². The van der Waals surface area contributed by atoms with E-state index in [9.17, 15) is 18.9 Å². The van der Waals surface area contributed by atoms with Gasteiger partial charge in [0.15, 0.2) is 11.5 Å². The Labute approximate surface area is 286 Å². The predicted octanol–water partition coefficient (Wildman–Crippen LogP) is 2.11. The van der Waals surface area contributed by atoms with Crippen molar-refractivity contribution in [3.8, 4) is 0 Å². The zero-order chi connectivity index (χ0) is 36.4. The lowest BCUT2D eigenvalue weighted by molar-refractivity contribution is -0.162. The number of hydrogen-bond donors (Lipinski definition) is 3. The van der Waals surface area contributed by atoms with Gasteiger partial charge in [-0.3, -0.25) is 27.8 Å². The number of aliphatic hydroxyl groups excluding tert-OH is 1. The summed E-state index contributed by atoms with van der Waals surface area (Å²) in [5.74, 6) is -0.0255. The highest BCUT2D eigenvalue weighted by Crippen LogP contribution is 2.48. The minimum Gasteiger partial charge on any atom is -0.438 e. The van der Waals surface area contributed by atoms with Crippen LogP contribution in [0.1, 0.15) is 47.8 Å². The van der Waals surface area contributed by atoms with Crippen molar-refractivity contribution in [2.45, 2.75) is 59.8 Å². The molecule has 0 radical (unpaired) electrons. The monoisotopic (exact) mass is 730 g/mol. The van der Waals surface area contributed by atoms with E-state index < -0.39 is 56.0 Å². The first-order valence-electron chi connectivity index (χ1n) is 14.9. The average Bonchev–Trinajstić information content (AvgIpc) is 3.67. The maximum atomic E-state index is 13.1. The van der Waals surface area contributed by atoms with E-state index in [2.05, 4.69) is 19.9 Å². The SMILES string of the molecule is CC(C)(C)C(=O)OCOP(=O)(COCCn1cnc2c(N)ncnc21)OCOC(=O)C(C)(C)C.Nc1ccn([C@@H]2CS[C@H](CO)O2)c(=O)n1. The Morgan fingerprint density at radius 2 is 1.69 bits per heavy atom. The Kier molecular flexibility index (Phi) is 14.1. The molecule has 4 rings (SSSR count). The van der Waals surface area contributed by atoms with Gasteiger partial charge in [-0.25, -0.2) is 19.7 Å². The molecule has 4 heterocycles. The van der Waals surface area contributed by atoms with Gasteiger partial charge in [0.2, 0.25) is 13.6 Å². The molecule has 0 saturated carbocycles. The highest BCUT2D eigenvalue weighted by Gasteiger charge is 2.31. The molecule has 1 fully saturated rings. The lowest BCUT2D eigenvalue weighted by Gasteiger charge is -2.22. The Bertz CT molecular complexity index is 1640. The minimum absolute atomic E-state index is 0.0572. The number of esters is 2. The molecule has 49 heavy (non-hydrogen) atoms. The summed E-state index contributed by atoms with van der Waals surface area (Å²) in [4.78, 5) is 51.1. The first-order chi connectivity index (χ1) is 22.9. The number of nitrogens with two attached hydrogens (primary N) is 2. The summed E-state index contributed by atoms with van der Waals surface area (Å²) in [5.41, 5.74) is 9.89. The smallest absolute Gasteiger partial charge is 0.361 e. The van der Waals surface area contributed by atoms with E-state index in [0.717, 1.165) is 0 Å². The number of rotatable bonds is 13. The maximum absolute atomic E-state index is 13.1. The third kappa shape index (κ3) is 12.0. The molecule has 19 nitrogen and oxygen atoms in total. The molecule has 1 aliphatic rings. The summed E-state index contributed by atoms with van der Waals surface area (Å²) in [5, 5.41) is 8.88. The standard InChI is InChI=1S/C20H32N5O8P.C8H11N3O3S/c1-19(2,3)17(26)30-11-32-34(28,33-12-31-18(27)20(4,5)6)13-29-8-7-25-10-24-14-15(21)22-9-23-16(14)25;9-5-1-2-11(8(13)10-5)6-4-15-7(3-12)14-6/h9-10H,7-8,11-13H2,1-6H3,(H2,21,22,23);1-2,6-7,12H,3-4H2,(H2,9,10,13)/t;6-,7+/m.0/s1. The van der Waals surface area contributed by atoms with Crippen LogP contribution in [-0.4, -0.2) is 90.5 Å². The molecule has 0 aromatic carbocycles. The zero-order valence-corrected chi connectivity index (χ0v) is 29.8. The Hall–Kier alpha value is -3.65. The number of carbonyl (C=O) groups excluding carboxylic acids is 2. The molecule has 0 bridgehead atoms. The third-order valence-electron chi connectivity index (χ3n) is 6.30. The molecule has 1 aliphatic heterocycles. The van der Waals surface area contributed by atoms with Gasteiger partial charge < -0.3 is 40.1 Å². The summed E-state index contributed by atoms with van der Waals surface area (Å²) in [6, 6.07) is 1.54. The van der Waals surface area contributed by atoms with Crippen molar-refractivity contribution in [2.75, 3.05) is 50.4 Å². The van der Waals surface area contributed by atoms with E-state index in [0.29, 0.717) is 23.5 Å². The molecule has 3 aromatic rings. The first-order valence-corrected chi connectivity index (χ1v) is 17.7. The van der Waals surface area contributed by atoms with Gasteiger partial charge in [0.25, 0.3) is 0 Å². The van der Waals surface area contributed by atoms with Crippen molar-refractivity contribution in [1.29, 1.82) is 0 Å². The number of imidazole rings is 1. The quantitative estimate of drug-likeness (QED) is 0.0984. The number of aromatic nitrogens is 6. The van der Waals surface area contributed by atoms with Gasteiger partial charge in [-0.1, -0.05) is 0 Å². The number of fused-ring (bicyclic) bond motifs is 1. The molecular weight excluding hydrogens is 687 g/mol. The van der Waals surface area contributed by atoms with E-state index in [4.69, 9.17) is 44.6 Å². The van der Waals surface area contributed by atoms with Crippen molar-refractivity contribution in [1.82, 2.24) is 29.1 Å². The number of carbonyl (C=O) groups is 2. The number of hydrogen-bond acceptors (Lipinski definition) is 18. The summed E-state index contributed by atoms with van der Waals surface area (Å²) >= 11 is 1.47. The van der Waals surface area contributed by atoms with Crippen LogP contribution >= 0.6 is 19.4 Å². The van der Waals surface area contributed by atoms with Crippen LogP contribution in [0.25, 0.3) is 11.2 Å². The predicted molar refractivity (Wildman–Crippen MR) is 178 cm³/mol. The number of nitrogen functional groups attached to an aromatic ring is 2. The molecule has 5 N–H and O–H groups in total. The van der Waals surface area contributed by atoms with Crippen LogP contribution < -0.4 is 17.2 Å². The second kappa shape index (κ2) is 17.3. The molecule has 2 atom stereocenters. The molecule has 0 spiro atoms. The molecule has 0 amide bonds. The van der Waals surface area contributed by atoms with E-state index in [1.54, 1.807) is 58.4 Å². The van der Waals surface area contributed by atoms with Gasteiger partial charge >= 0.3 is 25.2 Å². The lowest BCUT2D eigenvalue weighted by Crippen LogP contribution is -2.28. The van der Waals surface area contributed by atoms with Gasteiger partial charge in [0.1, 0.15) is 35.7 Å². The van der Waals surface area contributed by atoms with E-state index in [-0.39, 0.29) is 36.5 Å². The van der Waals surface area contributed by atoms with Crippen molar-refractivity contribution in [2.24, 2.45) is 10.8 Å². The third-order valence-corrected chi connectivity index (χ3v) is 8.91. The number of nitrogens with zero attached hydrogens (tertiary/aromatic N) is 6. The van der Waals surface area contributed by atoms with E-state index in [1.165, 1.54) is 29.0 Å². The van der Waals surface area contributed by atoms with Crippen molar-refractivity contribution >= 4 is 54.1 Å². The largest absolute Gasteiger partial charge is 0.438 e. The van der Waals surface area contributed by atoms with Crippen LogP contribution in [0.5, 0.6) is 0 Å². The number of anilines is 2. The molecular formula is C28H43N8O11PS. The summed E-state index contributed by atoms with van der Waals surface area (Å²) in [7, 11) is -3.95. The Balaban J connectivity index is 0.000000357.